The van der Waals surface area contributed by atoms with Gasteiger partial charge >= 0.3 is 0 Å². The van der Waals surface area contributed by atoms with Crippen LogP contribution in [-0.2, 0) is 4.79 Å². The van der Waals surface area contributed by atoms with Crippen molar-refractivity contribution < 1.29 is 4.79 Å². The Labute approximate surface area is 83.8 Å². The average molecular weight is 190 g/mol. The molecule has 1 amide bonds. The number of dihydropyridines is 1. The molecule has 0 aromatic heterocycles. The minimum atomic E-state index is 0.210. The topological polar surface area (TPSA) is 32.3 Å². The highest BCUT2D eigenvalue weighted by Crippen LogP contribution is 2.23. The number of amides is 1. The first-order valence-corrected chi connectivity index (χ1v) is 4.96. The van der Waals surface area contributed by atoms with Crippen LogP contribution in [0.1, 0.15) is 19.8 Å². The van der Waals surface area contributed by atoms with E-state index in [2.05, 4.69) is 11.4 Å². The highest BCUT2D eigenvalue weighted by Gasteiger charge is 2.21. The van der Waals surface area contributed by atoms with Gasteiger partial charge in [-0.15, -0.1) is 0 Å². The summed E-state index contributed by atoms with van der Waals surface area (Å²) in [6.45, 7) is 2.73. The number of carbonyl (C=O) groups excluding carboxylic acids is 1. The van der Waals surface area contributed by atoms with E-state index in [1.807, 2.05) is 30.3 Å². The summed E-state index contributed by atoms with van der Waals surface area (Å²) in [7, 11) is 0. The molecular weight excluding hydrogens is 176 g/mol. The highest BCUT2D eigenvalue weighted by molar-refractivity contribution is 5.80. The molecule has 0 unspecified atom stereocenters. The second-order valence-electron chi connectivity index (χ2n) is 3.37. The van der Waals surface area contributed by atoms with E-state index >= 15 is 0 Å². The second-order valence-corrected chi connectivity index (χ2v) is 3.37. The van der Waals surface area contributed by atoms with Gasteiger partial charge in [0.25, 0.3) is 0 Å². The maximum atomic E-state index is 11.7. The van der Waals surface area contributed by atoms with Gasteiger partial charge < -0.3 is 10.2 Å². The normalized spacial score (nSPS) is 20.6. The van der Waals surface area contributed by atoms with Gasteiger partial charge in [-0.1, -0.05) is 6.08 Å². The number of hydrogen-bond acceptors (Lipinski definition) is 2. The molecule has 2 rings (SSSR count). The van der Waals surface area contributed by atoms with Gasteiger partial charge in [0.1, 0.15) is 0 Å². The van der Waals surface area contributed by atoms with Crippen LogP contribution in [0.15, 0.2) is 35.8 Å². The summed E-state index contributed by atoms with van der Waals surface area (Å²) in [4.78, 5) is 13.5. The highest BCUT2D eigenvalue weighted by atomic mass is 16.2. The number of rotatable bonds is 1. The van der Waals surface area contributed by atoms with E-state index in [4.69, 9.17) is 0 Å². The lowest BCUT2D eigenvalue weighted by atomic mass is 10.1. The standard InChI is InChI=1S/C11H14N2O/c1-2-13-10-8-12-7-6-9(10)4-3-5-11(13)14/h4,6-8,12H,2-3,5H2,1H3. The average Bonchev–Trinajstić information content (AvgIpc) is 2.36. The first-order chi connectivity index (χ1) is 6.83. The molecule has 0 saturated heterocycles. The molecule has 0 aromatic carbocycles. The quantitative estimate of drug-likeness (QED) is 0.679. The van der Waals surface area contributed by atoms with Crippen LogP contribution in [0.3, 0.4) is 0 Å². The van der Waals surface area contributed by atoms with Gasteiger partial charge in [0.15, 0.2) is 0 Å². The number of nitrogens with zero attached hydrogens (tertiary/aromatic N) is 1. The molecule has 0 fully saturated rings. The van der Waals surface area contributed by atoms with Crippen LogP contribution in [0.2, 0.25) is 0 Å². The number of carbonyl (C=O) groups is 1. The molecule has 0 bridgehead atoms. The molecule has 2 aliphatic rings. The van der Waals surface area contributed by atoms with Gasteiger partial charge in [0.2, 0.25) is 5.91 Å². The molecule has 2 aliphatic heterocycles. The van der Waals surface area contributed by atoms with E-state index in [0.717, 1.165) is 24.2 Å². The van der Waals surface area contributed by atoms with Gasteiger partial charge in [-0.05, 0) is 25.0 Å². The van der Waals surface area contributed by atoms with E-state index in [0.29, 0.717) is 6.42 Å². The molecule has 3 heteroatoms. The maximum Gasteiger partial charge on any atom is 0.227 e. The fourth-order valence-electron chi connectivity index (χ4n) is 1.81. The van der Waals surface area contributed by atoms with Crippen LogP contribution in [0.5, 0.6) is 0 Å². The van der Waals surface area contributed by atoms with Crippen molar-refractivity contribution in [2.75, 3.05) is 6.54 Å². The number of hydrogen-bond donors (Lipinski definition) is 1. The van der Waals surface area contributed by atoms with Gasteiger partial charge in [0, 0.05) is 25.4 Å². The third-order valence-electron chi connectivity index (χ3n) is 2.51. The van der Waals surface area contributed by atoms with Crippen molar-refractivity contribution >= 4 is 5.91 Å². The van der Waals surface area contributed by atoms with Crippen LogP contribution in [0.4, 0.5) is 0 Å². The van der Waals surface area contributed by atoms with E-state index in [1.165, 1.54) is 0 Å². The Bertz CT molecular complexity index is 339. The van der Waals surface area contributed by atoms with E-state index in [1.54, 1.807) is 0 Å². The predicted octanol–water partition coefficient (Wildman–Crippen LogP) is 1.51. The molecule has 2 heterocycles. The van der Waals surface area contributed by atoms with Crippen LogP contribution in [0, 0.1) is 0 Å². The van der Waals surface area contributed by atoms with Crippen LogP contribution >= 0.6 is 0 Å². The van der Waals surface area contributed by atoms with Gasteiger partial charge in [-0.2, -0.15) is 0 Å². The van der Waals surface area contributed by atoms with E-state index in [-0.39, 0.29) is 5.91 Å². The Balaban J connectivity index is 2.36. The lowest BCUT2D eigenvalue weighted by Gasteiger charge is -2.24. The van der Waals surface area contributed by atoms with Crippen molar-refractivity contribution in [3.05, 3.63) is 35.8 Å². The molecule has 0 spiro atoms. The van der Waals surface area contributed by atoms with Crippen molar-refractivity contribution in [2.24, 2.45) is 0 Å². The molecule has 14 heavy (non-hydrogen) atoms. The Morgan fingerprint density at radius 1 is 1.57 bits per heavy atom. The maximum absolute atomic E-state index is 11.7. The Morgan fingerprint density at radius 2 is 2.43 bits per heavy atom. The number of likely N-dealkylation sites (N-methyl/N-ethyl adjacent to an activating group) is 1. The summed E-state index contributed by atoms with van der Waals surface area (Å²) >= 11 is 0. The van der Waals surface area contributed by atoms with Crippen molar-refractivity contribution in [1.82, 2.24) is 10.2 Å². The molecule has 0 aromatic rings. The molecule has 0 aliphatic carbocycles. The molecule has 1 N–H and O–H groups in total. The molecular formula is C11H14N2O. The Hall–Kier alpha value is -1.51. The first kappa shape index (κ1) is 9.06. The van der Waals surface area contributed by atoms with Crippen LogP contribution < -0.4 is 5.32 Å². The van der Waals surface area contributed by atoms with Gasteiger partial charge in [0.05, 0.1) is 5.70 Å². The summed E-state index contributed by atoms with van der Waals surface area (Å²) in [6, 6.07) is 0. The number of fused-ring (bicyclic) bond motifs is 1. The minimum Gasteiger partial charge on any atom is -0.366 e. The SMILES string of the molecule is CCN1C(=O)CCC=C2C=CNC=C21. The van der Waals surface area contributed by atoms with Gasteiger partial charge in [-0.25, -0.2) is 0 Å². The summed E-state index contributed by atoms with van der Waals surface area (Å²) in [5.74, 6) is 0.210. The fraction of sp³-hybridized carbons (Fsp3) is 0.364. The Morgan fingerprint density at radius 3 is 3.21 bits per heavy atom. The number of nitrogens with one attached hydrogen (secondary N) is 1. The van der Waals surface area contributed by atoms with Gasteiger partial charge in [-0.3, -0.25) is 4.79 Å². The second kappa shape index (κ2) is 3.70. The molecule has 0 saturated carbocycles. The van der Waals surface area contributed by atoms with Crippen LogP contribution in [0.25, 0.3) is 0 Å². The number of allylic oxidation sites excluding steroid dienone is 2. The summed E-state index contributed by atoms with van der Waals surface area (Å²) < 4.78 is 0. The Kier molecular flexibility index (Phi) is 2.39. The molecule has 3 nitrogen and oxygen atoms in total. The van der Waals surface area contributed by atoms with Crippen molar-refractivity contribution in [3.8, 4) is 0 Å². The predicted molar refractivity (Wildman–Crippen MR) is 55.1 cm³/mol. The van der Waals surface area contributed by atoms with E-state index in [9.17, 15) is 4.79 Å². The zero-order valence-corrected chi connectivity index (χ0v) is 8.29. The zero-order chi connectivity index (χ0) is 9.97. The monoisotopic (exact) mass is 190 g/mol. The van der Waals surface area contributed by atoms with Crippen molar-refractivity contribution in [3.63, 3.8) is 0 Å². The molecule has 0 atom stereocenters. The third-order valence-corrected chi connectivity index (χ3v) is 2.51. The molecule has 74 valence electrons. The smallest absolute Gasteiger partial charge is 0.227 e. The first-order valence-electron chi connectivity index (χ1n) is 4.96. The van der Waals surface area contributed by atoms with Crippen LogP contribution in [-0.4, -0.2) is 17.4 Å². The summed E-state index contributed by atoms with van der Waals surface area (Å²) in [5, 5.41) is 3.02. The fourth-order valence-corrected chi connectivity index (χ4v) is 1.81. The van der Waals surface area contributed by atoms with E-state index < -0.39 is 0 Å². The largest absolute Gasteiger partial charge is 0.366 e. The summed E-state index contributed by atoms with van der Waals surface area (Å²) in [6.07, 6.45) is 9.36. The third kappa shape index (κ3) is 1.45. The lowest BCUT2D eigenvalue weighted by molar-refractivity contribution is -0.128. The summed E-state index contributed by atoms with van der Waals surface area (Å²) in [5.41, 5.74) is 2.15. The zero-order valence-electron chi connectivity index (χ0n) is 8.29. The van der Waals surface area contributed by atoms with Crippen molar-refractivity contribution in [2.45, 2.75) is 19.8 Å². The van der Waals surface area contributed by atoms with Crippen molar-refractivity contribution in [1.29, 1.82) is 0 Å². The minimum absolute atomic E-state index is 0.210. The lowest BCUT2D eigenvalue weighted by Crippen LogP contribution is -2.30. The molecule has 0 radical (unpaired) electrons.